The summed E-state index contributed by atoms with van der Waals surface area (Å²) < 4.78 is 0. The van der Waals surface area contributed by atoms with Crippen LogP contribution in [0.3, 0.4) is 0 Å². The quantitative estimate of drug-likeness (QED) is 0.146. The van der Waals surface area contributed by atoms with Crippen LogP contribution in [-0.4, -0.2) is 0 Å². The SMILES string of the molecule is [CH2]CCC=CCCCCCCC(C)CCCCC(C)CCCC(C)CC[CH2]. The molecule has 0 aromatic rings. The number of rotatable bonds is 20. The van der Waals surface area contributed by atoms with Crippen molar-refractivity contribution in [2.75, 3.05) is 0 Å². The molecule has 3 unspecified atom stereocenters. The Morgan fingerprint density at radius 2 is 0.926 bits per heavy atom. The molecule has 0 heterocycles. The third kappa shape index (κ3) is 20.3. The zero-order chi connectivity index (χ0) is 20.2. The second-order valence-corrected chi connectivity index (χ2v) is 9.28. The average Bonchev–Trinajstić information content (AvgIpc) is 2.64. The van der Waals surface area contributed by atoms with Gasteiger partial charge in [0.1, 0.15) is 0 Å². The van der Waals surface area contributed by atoms with Crippen LogP contribution in [0.5, 0.6) is 0 Å². The molecule has 0 bridgehead atoms. The van der Waals surface area contributed by atoms with Crippen LogP contribution in [0.15, 0.2) is 12.2 Å². The van der Waals surface area contributed by atoms with E-state index in [4.69, 9.17) is 0 Å². The van der Waals surface area contributed by atoms with E-state index in [0.29, 0.717) is 0 Å². The van der Waals surface area contributed by atoms with Crippen LogP contribution in [0.1, 0.15) is 130 Å². The predicted molar refractivity (Wildman–Crippen MR) is 126 cm³/mol. The van der Waals surface area contributed by atoms with Crippen LogP contribution in [0.25, 0.3) is 0 Å². The van der Waals surface area contributed by atoms with Gasteiger partial charge in [0.25, 0.3) is 0 Å². The first-order valence-electron chi connectivity index (χ1n) is 12.3. The lowest BCUT2D eigenvalue weighted by Gasteiger charge is -2.15. The van der Waals surface area contributed by atoms with Crippen molar-refractivity contribution in [3.63, 3.8) is 0 Å². The fourth-order valence-electron chi connectivity index (χ4n) is 4.04. The van der Waals surface area contributed by atoms with Crippen LogP contribution in [0, 0.1) is 31.6 Å². The van der Waals surface area contributed by atoms with Gasteiger partial charge in [-0.3, -0.25) is 0 Å². The summed E-state index contributed by atoms with van der Waals surface area (Å²) in [5.41, 5.74) is 0. The molecule has 160 valence electrons. The fraction of sp³-hybridized carbons (Fsp3) is 0.852. The highest BCUT2D eigenvalue weighted by molar-refractivity contribution is 4.81. The van der Waals surface area contributed by atoms with E-state index in [1.165, 1.54) is 89.9 Å². The minimum atomic E-state index is 0.880. The van der Waals surface area contributed by atoms with Gasteiger partial charge in [-0.2, -0.15) is 0 Å². The summed E-state index contributed by atoms with van der Waals surface area (Å²) in [7, 11) is 0. The van der Waals surface area contributed by atoms with E-state index in [9.17, 15) is 0 Å². The molecule has 3 atom stereocenters. The Morgan fingerprint density at radius 3 is 1.48 bits per heavy atom. The summed E-state index contributed by atoms with van der Waals surface area (Å²) in [6.07, 6.45) is 27.6. The zero-order valence-electron chi connectivity index (χ0n) is 19.3. The molecule has 0 N–H and O–H groups in total. The van der Waals surface area contributed by atoms with Crippen LogP contribution >= 0.6 is 0 Å². The van der Waals surface area contributed by atoms with Gasteiger partial charge >= 0.3 is 0 Å². The van der Waals surface area contributed by atoms with Crippen molar-refractivity contribution in [3.8, 4) is 0 Å². The molecule has 0 spiro atoms. The molecule has 0 aliphatic rings. The van der Waals surface area contributed by atoms with Crippen LogP contribution in [0.2, 0.25) is 0 Å². The predicted octanol–water partition coefficient (Wildman–Crippen LogP) is 9.75. The third-order valence-corrected chi connectivity index (χ3v) is 6.09. The van der Waals surface area contributed by atoms with Crippen molar-refractivity contribution in [3.05, 3.63) is 26.0 Å². The molecule has 0 heteroatoms. The molecule has 0 saturated carbocycles. The van der Waals surface area contributed by atoms with E-state index < -0.39 is 0 Å². The van der Waals surface area contributed by atoms with Gasteiger partial charge in [-0.05, 0) is 43.4 Å². The molecule has 0 aromatic heterocycles. The minimum Gasteiger partial charge on any atom is -0.0885 e. The van der Waals surface area contributed by atoms with Crippen molar-refractivity contribution in [1.29, 1.82) is 0 Å². The Balaban J connectivity index is 3.39. The van der Waals surface area contributed by atoms with E-state index in [0.717, 1.165) is 37.0 Å². The van der Waals surface area contributed by atoms with E-state index in [2.05, 4.69) is 46.8 Å². The maximum absolute atomic E-state index is 3.97. The summed E-state index contributed by atoms with van der Waals surface area (Å²) in [5, 5.41) is 0. The molecule has 0 rings (SSSR count). The second-order valence-electron chi connectivity index (χ2n) is 9.28. The Hall–Kier alpha value is -0.260. The van der Waals surface area contributed by atoms with Gasteiger partial charge < -0.3 is 0 Å². The van der Waals surface area contributed by atoms with E-state index in [1.807, 2.05) is 0 Å². The van der Waals surface area contributed by atoms with Crippen molar-refractivity contribution < 1.29 is 0 Å². The smallest absolute Gasteiger partial charge is 0.0351 e. The highest BCUT2D eigenvalue weighted by atomic mass is 14.1. The number of hydrogen-bond donors (Lipinski definition) is 0. The van der Waals surface area contributed by atoms with Gasteiger partial charge in [-0.25, -0.2) is 0 Å². The summed E-state index contributed by atoms with van der Waals surface area (Å²) in [6, 6.07) is 0. The van der Waals surface area contributed by atoms with Gasteiger partial charge in [-0.1, -0.05) is 130 Å². The standard InChI is InChI=1S/C27H52/c1-6-8-9-10-11-12-13-14-15-20-26(4)21-16-17-22-27(5)24-18-23-25(3)19-7-2/h9-10,25-27H,1-2,6-8,11-24H2,3-5H3. The maximum Gasteiger partial charge on any atom is -0.0351 e. The van der Waals surface area contributed by atoms with Crippen LogP contribution < -0.4 is 0 Å². The van der Waals surface area contributed by atoms with Gasteiger partial charge in [-0.15, -0.1) is 0 Å². The fourth-order valence-corrected chi connectivity index (χ4v) is 4.04. The molecule has 27 heavy (non-hydrogen) atoms. The summed E-state index contributed by atoms with van der Waals surface area (Å²) >= 11 is 0. The topological polar surface area (TPSA) is 0 Å². The second kappa shape index (κ2) is 20.5. The Labute approximate surface area is 174 Å². The molecule has 0 amide bonds. The summed E-state index contributed by atoms with van der Waals surface area (Å²) in [5.74, 6) is 2.74. The van der Waals surface area contributed by atoms with Crippen molar-refractivity contribution in [1.82, 2.24) is 0 Å². The highest BCUT2D eigenvalue weighted by Gasteiger charge is 2.06. The van der Waals surface area contributed by atoms with Gasteiger partial charge in [0.15, 0.2) is 0 Å². The van der Waals surface area contributed by atoms with Crippen molar-refractivity contribution in [2.24, 2.45) is 17.8 Å². The van der Waals surface area contributed by atoms with Gasteiger partial charge in [0.05, 0.1) is 0 Å². The summed E-state index contributed by atoms with van der Waals surface area (Å²) in [4.78, 5) is 0. The minimum absolute atomic E-state index is 0.880. The lowest BCUT2D eigenvalue weighted by Crippen LogP contribution is -2.00. The number of allylic oxidation sites excluding steroid dienone is 2. The molecule has 0 fully saturated rings. The summed E-state index contributed by atoms with van der Waals surface area (Å²) in [6.45, 7) is 15.2. The first-order chi connectivity index (χ1) is 13.1. The molecule has 0 saturated heterocycles. The Kier molecular flexibility index (Phi) is 20.3. The lowest BCUT2D eigenvalue weighted by atomic mass is 9.91. The van der Waals surface area contributed by atoms with Crippen LogP contribution in [-0.2, 0) is 0 Å². The number of unbranched alkanes of at least 4 members (excludes halogenated alkanes) is 6. The van der Waals surface area contributed by atoms with Crippen LogP contribution in [0.4, 0.5) is 0 Å². The normalized spacial score (nSPS) is 15.3. The maximum atomic E-state index is 3.97. The van der Waals surface area contributed by atoms with Gasteiger partial charge in [0, 0.05) is 0 Å². The Bertz CT molecular complexity index is 303. The molecular weight excluding hydrogens is 324 g/mol. The van der Waals surface area contributed by atoms with E-state index in [-0.39, 0.29) is 0 Å². The number of hydrogen-bond acceptors (Lipinski definition) is 0. The largest absolute Gasteiger partial charge is 0.0885 e. The monoisotopic (exact) mass is 376 g/mol. The van der Waals surface area contributed by atoms with Crippen molar-refractivity contribution in [2.45, 2.75) is 130 Å². The van der Waals surface area contributed by atoms with Crippen molar-refractivity contribution >= 4 is 0 Å². The molecule has 0 nitrogen and oxygen atoms in total. The molecule has 0 aliphatic heterocycles. The zero-order valence-corrected chi connectivity index (χ0v) is 19.3. The lowest BCUT2D eigenvalue weighted by molar-refractivity contribution is 0.386. The first kappa shape index (κ1) is 26.7. The molecular formula is C27H52. The van der Waals surface area contributed by atoms with Gasteiger partial charge in [0.2, 0.25) is 0 Å². The van der Waals surface area contributed by atoms with E-state index >= 15 is 0 Å². The highest BCUT2D eigenvalue weighted by Crippen LogP contribution is 2.22. The first-order valence-corrected chi connectivity index (χ1v) is 12.3. The average molecular weight is 377 g/mol. The Morgan fingerprint density at radius 1 is 0.481 bits per heavy atom. The third-order valence-electron chi connectivity index (χ3n) is 6.09. The molecule has 0 aliphatic carbocycles. The van der Waals surface area contributed by atoms with E-state index in [1.54, 1.807) is 0 Å². The molecule has 2 radical (unpaired) electrons. The molecule has 0 aromatic carbocycles.